The summed E-state index contributed by atoms with van der Waals surface area (Å²) in [6, 6.07) is 10.8. The van der Waals surface area contributed by atoms with Crippen molar-refractivity contribution in [1.82, 2.24) is 5.01 Å². The Bertz CT molecular complexity index is 820. The predicted octanol–water partition coefficient (Wildman–Crippen LogP) is 3.49. The Labute approximate surface area is 143 Å². The zero-order valence-electron chi connectivity index (χ0n) is 12.9. The van der Waals surface area contributed by atoms with Gasteiger partial charge in [-0.2, -0.15) is 5.10 Å². The van der Waals surface area contributed by atoms with Crippen LogP contribution in [-0.4, -0.2) is 28.3 Å². The van der Waals surface area contributed by atoms with Crippen LogP contribution in [0, 0.1) is 11.7 Å². The number of phenols is 1. The molecular weight excluding hydrogens is 331 g/mol. The van der Waals surface area contributed by atoms with Crippen LogP contribution in [-0.2, 0) is 0 Å². The molecule has 1 aliphatic heterocycles. The van der Waals surface area contributed by atoms with E-state index in [4.69, 9.17) is 17.3 Å². The molecule has 3 rings (SSSR count). The van der Waals surface area contributed by atoms with Gasteiger partial charge in [-0.25, -0.2) is 14.4 Å². The molecule has 3 N–H and O–H groups in total. The second-order valence-corrected chi connectivity index (χ2v) is 5.96. The standard InChI is InChI=1S/C17H16ClFN4O/c1-10-9-23(17(20)21-12-7-5-11(19)6-8-12)22-15(10)13-3-2-4-14(18)16(13)24/h2-8,10,24H,9H2,1H3,(H2,20,21). The molecule has 0 saturated heterocycles. The van der Waals surface area contributed by atoms with Crippen molar-refractivity contribution in [2.75, 3.05) is 6.54 Å². The fourth-order valence-corrected chi connectivity index (χ4v) is 2.68. The molecule has 24 heavy (non-hydrogen) atoms. The second kappa shape index (κ2) is 6.49. The molecule has 0 saturated carbocycles. The van der Waals surface area contributed by atoms with E-state index in [0.717, 1.165) is 0 Å². The summed E-state index contributed by atoms with van der Waals surface area (Å²) in [6.45, 7) is 2.50. The van der Waals surface area contributed by atoms with Crippen molar-refractivity contribution in [3.8, 4) is 5.75 Å². The Morgan fingerprint density at radius 1 is 1.33 bits per heavy atom. The van der Waals surface area contributed by atoms with Crippen LogP contribution in [0.25, 0.3) is 0 Å². The summed E-state index contributed by atoms with van der Waals surface area (Å²) in [5.74, 6) is -0.0963. The van der Waals surface area contributed by atoms with Crippen LogP contribution in [0.5, 0.6) is 5.75 Å². The van der Waals surface area contributed by atoms with Crippen molar-refractivity contribution in [1.29, 1.82) is 0 Å². The Balaban J connectivity index is 1.89. The lowest BCUT2D eigenvalue weighted by Gasteiger charge is -2.12. The number of nitrogens with zero attached hydrogens (tertiary/aromatic N) is 3. The maximum atomic E-state index is 12.9. The minimum absolute atomic E-state index is 0.000612. The molecule has 1 aliphatic rings. The Morgan fingerprint density at radius 2 is 2.04 bits per heavy atom. The number of hydrogen-bond acceptors (Lipinski definition) is 3. The molecule has 124 valence electrons. The smallest absolute Gasteiger partial charge is 0.217 e. The van der Waals surface area contributed by atoms with Crippen molar-refractivity contribution in [3.05, 3.63) is 58.9 Å². The third kappa shape index (κ3) is 3.19. The highest BCUT2D eigenvalue weighted by atomic mass is 35.5. The summed E-state index contributed by atoms with van der Waals surface area (Å²) in [7, 11) is 0. The van der Waals surface area contributed by atoms with Crippen LogP contribution < -0.4 is 5.73 Å². The number of benzene rings is 2. The van der Waals surface area contributed by atoms with E-state index >= 15 is 0 Å². The van der Waals surface area contributed by atoms with Crippen LogP contribution in [0.1, 0.15) is 12.5 Å². The molecule has 5 nitrogen and oxygen atoms in total. The fourth-order valence-electron chi connectivity index (χ4n) is 2.51. The van der Waals surface area contributed by atoms with E-state index in [0.29, 0.717) is 23.5 Å². The van der Waals surface area contributed by atoms with E-state index in [1.54, 1.807) is 23.2 Å². The molecule has 1 unspecified atom stereocenters. The van der Waals surface area contributed by atoms with Crippen molar-refractivity contribution in [3.63, 3.8) is 0 Å². The predicted molar refractivity (Wildman–Crippen MR) is 93.2 cm³/mol. The summed E-state index contributed by atoms with van der Waals surface area (Å²) in [4.78, 5) is 4.24. The molecule has 0 spiro atoms. The van der Waals surface area contributed by atoms with Gasteiger partial charge in [-0.3, -0.25) is 0 Å². The highest BCUT2D eigenvalue weighted by Crippen LogP contribution is 2.31. The first-order valence-electron chi connectivity index (χ1n) is 7.39. The van der Waals surface area contributed by atoms with Crippen molar-refractivity contribution >= 4 is 29.0 Å². The highest BCUT2D eigenvalue weighted by molar-refractivity contribution is 6.32. The van der Waals surface area contributed by atoms with Crippen LogP contribution in [0.15, 0.2) is 52.6 Å². The average Bonchev–Trinajstić information content (AvgIpc) is 2.94. The second-order valence-electron chi connectivity index (χ2n) is 5.55. The zero-order chi connectivity index (χ0) is 17.3. The first-order chi connectivity index (χ1) is 11.5. The van der Waals surface area contributed by atoms with Gasteiger partial charge in [-0.1, -0.05) is 24.6 Å². The summed E-state index contributed by atoms with van der Waals surface area (Å²) in [5, 5.41) is 16.4. The summed E-state index contributed by atoms with van der Waals surface area (Å²) in [6.07, 6.45) is 0. The molecule has 1 atom stereocenters. The summed E-state index contributed by atoms with van der Waals surface area (Å²) < 4.78 is 12.9. The maximum absolute atomic E-state index is 12.9. The van der Waals surface area contributed by atoms with E-state index in [1.165, 1.54) is 24.3 Å². The van der Waals surface area contributed by atoms with Gasteiger partial charge in [0.2, 0.25) is 5.96 Å². The van der Waals surface area contributed by atoms with E-state index in [1.807, 2.05) is 6.92 Å². The van der Waals surface area contributed by atoms with E-state index < -0.39 is 0 Å². The van der Waals surface area contributed by atoms with Crippen LogP contribution in [0.2, 0.25) is 5.02 Å². The number of guanidine groups is 1. The van der Waals surface area contributed by atoms with Crippen molar-refractivity contribution in [2.24, 2.45) is 21.7 Å². The molecule has 0 aromatic heterocycles. The Morgan fingerprint density at radius 3 is 2.75 bits per heavy atom. The molecule has 0 bridgehead atoms. The Kier molecular flexibility index (Phi) is 4.40. The minimum atomic E-state index is -0.334. The molecular formula is C17H16ClFN4O. The van der Waals surface area contributed by atoms with Crippen molar-refractivity contribution < 1.29 is 9.50 Å². The average molecular weight is 347 g/mol. The van der Waals surface area contributed by atoms with Gasteiger partial charge in [0.25, 0.3) is 0 Å². The maximum Gasteiger partial charge on any atom is 0.217 e. The van der Waals surface area contributed by atoms with Gasteiger partial charge in [-0.05, 0) is 36.4 Å². The molecule has 2 aromatic rings. The molecule has 7 heteroatoms. The van der Waals surface area contributed by atoms with Gasteiger partial charge >= 0.3 is 0 Å². The molecule has 2 aromatic carbocycles. The SMILES string of the molecule is CC1CN(C(N)=Nc2ccc(F)cc2)N=C1c1cccc(Cl)c1O. The molecule has 1 heterocycles. The number of aromatic hydroxyl groups is 1. The number of rotatable bonds is 2. The molecule has 0 aliphatic carbocycles. The van der Waals surface area contributed by atoms with Crippen LogP contribution >= 0.6 is 11.6 Å². The summed E-state index contributed by atoms with van der Waals surface area (Å²) >= 11 is 5.96. The largest absolute Gasteiger partial charge is 0.506 e. The van der Waals surface area contributed by atoms with Crippen LogP contribution in [0.3, 0.4) is 0 Å². The number of halogens is 2. The third-order valence-electron chi connectivity index (χ3n) is 3.74. The number of phenolic OH excluding ortho intramolecular Hbond substituents is 1. The number of hydrazone groups is 1. The van der Waals surface area contributed by atoms with Gasteiger partial charge in [0, 0.05) is 11.5 Å². The zero-order valence-corrected chi connectivity index (χ0v) is 13.7. The van der Waals surface area contributed by atoms with E-state index in [9.17, 15) is 9.50 Å². The highest BCUT2D eigenvalue weighted by Gasteiger charge is 2.28. The molecule has 0 amide bonds. The van der Waals surface area contributed by atoms with Gasteiger partial charge in [0.05, 0.1) is 23.0 Å². The van der Waals surface area contributed by atoms with Gasteiger partial charge in [0.15, 0.2) is 0 Å². The van der Waals surface area contributed by atoms with E-state index in [2.05, 4.69) is 10.1 Å². The Hall–Kier alpha value is -2.60. The fraction of sp³-hybridized carbons (Fsp3) is 0.176. The lowest BCUT2D eigenvalue weighted by Crippen LogP contribution is -2.32. The normalized spacial score (nSPS) is 18.0. The first kappa shape index (κ1) is 16.3. The van der Waals surface area contributed by atoms with E-state index in [-0.39, 0.29) is 28.5 Å². The topological polar surface area (TPSA) is 74.2 Å². The quantitative estimate of drug-likeness (QED) is 0.645. The minimum Gasteiger partial charge on any atom is -0.506 e. The van der Waals surface area contributed by atoms with Crippen LogP contribution in [0.4, 0.5) is 10.1 Å². The lowest BCUT2D eigenvalue weighted by atomic mass is 9.99. The summed E-state index contributed by atoms with van der Waals surface area (Å²) in [5.41, 5.74) is 7.81. The number of nitrogens with two attached hydrogens (primary N) is 1. The number of para-hydroxylation sites is 1. The molecule has 0 radical (unpaired) electrons. The number of aliphatic imine (C=N–C) groups is 1. The third-order valence-corrected chi connectivity index (χ3v) is 4.04. The lowest BCUT2D eigenvalue weighted by molar-refractivity contribution is 0.451. The van der Waals surface area contributed by atoms with Gasteiger partial charge in [-0.15, -0.1) is 0 Å². The van der Waals surface area contributed by atoms with Crippen molar-refractivity contribution in [2.45, 2.75) is 6.92 Å². The number of hydrogen-bond donors (Lipinski definition) is 2. The molecule has 0 fully saturated rings. The van der Waals surface area contributed by atoms with Gasteiger partial charge in [0.1, 0.15) is 11.6 Å². The first-order valence-corrected chi connectivity index (χ1v) is 7.77. The van der Waals surface area contributed by atoms with Gasteiger partial charge < -0.3 is 10.8 Å². The monoisotopic (exact) mass is 346 g/mol.